The highest BCUT2D eigenvalue weighted by Crippen LogP contribution is 2.35. The molecule has 2 aromatic carbocycles. The Morgan fingerprint density at radius 2 is 1.68 bits per heavy atom. The van der Waals surface area contributed by atoms with Crippen LogP contribution in [-0.4, -0.2) is 59.6 Å². The van der Waals surface area contributed by atoms with Crippen molar-refractivity contribution in [1.29, 1.82) is 0 Å². The third kappa shape index (κ3) is 4.74. The average Bonchev–Trinajstić information content (AvgIpc) is 3.05. The van der Waals surface area contributed by atoms with Gasteiger partial charge in [-0.25, -0.2) is 0 Å². The van der Waals surface area contributed by atoms with Crippen molar-refractivity contribution in [3.8, 4) is 0 Å². The van der Waals surface area contributed by atoms with Gasteiger partial charge >= 0.3 is 0 Å². The lowest BCUT2D eigenvalue weighted by molar-refractivity contribution is -0.136. The summed E-state index contributed by atoms with van der Waals surface area (Å²) >= 11 is 13.0. The fourth-order valence-corrected chi connectivity index (χ4v) is 4.69. The lowest BCUT2D eigenvalue weighted by Crippen LogP contribution is -2.51. The van der Waals surface area contributed by atoms with Crippen molar-refractivity contribution < 1.29 is 14.4 Å². The van der Waals surface area contributed by atoms with Crippen molar-refractivity contribution in [1.82, 2.24) is 9.80 Å². The highest BCUT2D eigenvalue weighted by molar-refractivity contribution is 8.18. The van der Waals surface area contributed by atoms with Gasteiger partial charge in [-0.2, -0.15) is 0 Å². The number of carbonyl (C=O) groups is 3. The predicted molar refractivity (Wildman–Crippen MR) is 124 cm³/mol. The highest BCUT2D eigenvalue weighted by atomic mass is 35.5. The summed E-state index contributed by atoms with van der Waals surface area (Å²) in [6.45, 7) is 2.21. The van der Waals surface area contributed by atoms with Crippen molar-refractivity contribution in [2.75, 3.05) is 37.6 Å². The smallest absolute Gasteiger partial charge is 0.294 e. The molecule has 2 aliphatic heterocycles. The molecular weight excluding hydrogens is 457 g/mol. The minimum absolute atomic E-state index is 0.218. The number of hydrogen-bond acceptors (Lipinski definition) is 5. The molecule has 0 spiro atoms. The summed E-state index contributed by atoms with van der Waals surface area (Å²) in [4.78, 5) is 43.0. The van der Waals surface area contributed by atoms with E-state index in [0.29, 0.717) is 41.8 Å². The Morgan fingerprint density at radius 3 is 2.39 bits per heavy atom. The maximum atomic E-state index is 12.7. The van der Waals surface area contributed by atoms with Gasteiger partial charge in [-0.1, -0.05) is 53.5 Å². The lowest BCUT2D eigenvalue weighted by atomic mass is 10.2. The monoisotopic (exact) mass is 475 g/mol. The molecule has 0 aromatic heterocycles. The van der Waals surface area contributed by atoms with Gasteiger partial charge in [0.05, 0.1) is 15.0 Å². The number of amides is 3. The first-order valence-electron chi connectivity index (χ1n) is 9.71. The molecule has 2 aliphatic rings. The summed E-state index contributed by atoms with van der Waals surface area (Å²) in [6.07, 6.45) is 1.53. The maximum absolute atomic E-state index is 12.7. The molecule has 2 aromatic rings. The molecule has 0 radical (unpaired) electrons. The molecule has 0 unspecified atom stereocenters. The van der Waals surface area contributed by atoms with Crippen LogP contribution in [0.5, 0.6) is 0 Å². The number of nitrogens with zero attached hydrogens (tertiary/aromatic N) is 3. The van der Waals surface area contributed by atoms with E-state index in [0.717, 1.165) is 22.3 Å². The second kappa shape index (κ2) is 9.34. The molecule has 2 heterocycles. The number of benzene rings is 2. The number of thioether (sulfide) groups is 1. The van der Waals surface area contributed by atoms with E-state index < -0.39 is 11.1 Å². The van der Waals surface area contributed by atoms with Crippen LogP contribution in [0.1, 0.15) is 5.56 Å². The summed E-state index contributed by atoms with van der Waals surface area (Å²) < 4.78 is 0. The molecule has 0 bridgehead atoms. The number of rotatable bonds is 4. The van der Waals surface area contributed by atoms with Crippen LogP contribution in [-0.2, 0) is 9.59 Å². The Kier molecular flexibility index (Phi) is 6.55. The van der Waals surface area contributed by atoms with E-state index in [-0.39, 0.29) is 17.4 Å². The van der Waals surface area contributed by atoms with Crippen molar-refractivity contribution in [2.24, 2.45) is 0 Å². The Morgan fingerprint density at radius 1 is 0.968 bits per heavy atom. The Hall–Kier alpha value is -2.48. The van der Waals surface area contributed by atoms with Crippen molar-refractivity contribution in [3.05, 3.63) is 69.0 Å². The molecule has 2 fully saturated rings. The average molecular weight is 476 g/mol. The lowest BCUT2D eigenvalue weighted by Gasteiger charge is -2.36. The molecule has 9 heteroatoms. The van der Waals surface area contributed by atoms with Gasteiger partial charge in [-0.3, -0.25) is 19.3 Å². The van der Waals surface area contributed by atoms with Crippen LogP contribution in [0.15, 0.2) is 53.4 Å². The number of imide groups is 1. The van der Waals surface area contributed by atoms with Crippen molar-refractivity contribution in [3.63, 3.8) is 0 Å². The van der Waals surface area contributed by atoms with Gasteiger partial charge in [0.1, 0.15) is 6.54 Å². The summed E-state index contributed by atoms with van der Waals surface area (Å²) in [5.41, 5.74) is 1.66. The SMILES string of the molecule is O=C(CN1C(=O)S/C(=C/c2cccc(Cl)c2Cl)C1=O)N1CCN(c2ccccc2)CC1. The zero-order valence-electron chi connectivity index (χ0n) is 16.5. The number of anilines is 1. The normalized spacial score (nSPS) is 18.3. The Bertz CT molecular complexity index is 1050. The van der Waals surface area contributed by atoms with Crippen LogP contribution >= 0.6 is 35.0 Å². The first-order valence-corrected chi connectivity index (χ1v) is 11.3. The molecule has 160 valence electrons. The van der Waals surface area contributed by atoms with E-state index in [1.54, 1.807) is 23.1 Å². The summed E-state index contributed by atoms with van der Waals surface area (Å²) in [6, 6.07) is 15.1. The minimum atomic E-state index is -0.498. The number of para-hydroxylation sites is 1. The van der Waals surface area contributed by atoms with E-state index in [2.05, 4.69) is 4.90 Å². The maximum Gasteiger partial charge on any atom is 0.294 e. The fourth-order valence-electron chi connectivity index (χ4n) is 3.50. The molecule has 0 aliphatic carbocycles. The summed E-state index contributed by atoms with van der Waals surface area (Å²) in [7, 11) is 0. The second-order valence-corrected chi connectivity index (χ2v) is 8.89. The molecular formula is C22H19Cl2N3O3S. The van der Waals surface area contributed by atoms with Gasteiger partial charge in [0, 0.05) is 31.9 Å². The van der Waals surface area contributed by atoms with Crippen LogP contribution in [0, 0.1) is 0 Å². The van der Waals surface area contributed by atoms with Gasteiger partial charge in [0.25, 0.3) is 11.1 Å². The van der Waals surface area contributed by atoms with E-state index in [1.807, 2.05) is 30.3 Å². The topological polar surface area (TPSA) is 60.9 Å². The first kappa shape index (κ1) is 21.7. The largest absolute Gasteiger partial charge is 0.368 e. The van der Waals surface area contributed by atoms with Crippen LogP contribution in [0.2, 0.25) is 10.0 Å². The van der Waals surface area contributed by atoms with Gasteiger partial charge in [0.2, 0.25) is 5.91 Å². The molecule has 4 rings (SSSR count). The minimum Gasteiger partial charge on any atom is -0.368 e. The molecule has 2 saturated heterocycles. The zero-order valence-corrected chi connectivity index (χ0v) is 18.8. The fraction of sp³-hybridized carbons (Fsp3) is 0.227. The first-order chi connectivity index (χ1) is 14.9. The van der Waals surface area contributed by atoms with Crippen LogP contribution in [0.3, 0.4) is 0 Å². The Balaban J connectivity index is 1.39. The van der Waals surface area contributed by atoms with Crippen LogP contribution < -0.4 is 4.90 Å². The van der Waals surface area contributed by atoms with Crippen molar-refractivity contribution >= 4 is 63.8 Å². The highest BCUT2D eigenvalue weighted by Gasteiger charge is 2.37. The predicted octanol–water partition coefficient (Wildman–Crippen LogP) is 4.38. The van der Waals surface area contributed by atoms with Crippen LogP contribution in [0.4, 0.5) is 10.5 Å². The quantitative estimate of drug-likeness (QED) is 0.614. The number of carbonyl (C=O) groups excluding carboxylic acids is 3. The number of halogens is 2. The molecule has 0 saturated carbocycles. The third-order valence-electron chi connectivity index (χ3n) is 5.19. The van der Waals surface area contributed by atoms with Gasteiger partial charge in [-0.15, -0.1) is 0 Å². The summed E-state index contributed by atoms with van der Waals surface area (Å²) in [5.74, 6) is -0.737. The van der Waals surface area contributed by atoms with E-state index in [4.69, 9.17) is 23.2 Å². The molecule has 0 N–H and O–H groups in total. The van der Waals surface area contributed by atoms with Gasteiger partial charge in [-0.05, 0) is 41.6 Å². The molecule has 3 amide bonds. The second-order valence-electron chi connectivity index (χ2n) is 7.11. The van der Waals surface area contributed by atoms with Gasteiger partial charge < -0.3 is 9.80 Å². The molecule has 0 atom stereocenters. The van der Waals surface area contributed by atoms with Crippen molar-refractivity contribution in [2.45, 2.75) is 0 Å². The van der Waals surface area contributed by atoms with E-state index in [1.165, 1.54) is 6.08 Å². The number of piperazine rings is 1. The van der Waals surface area contributed by atoms with E-state index in [9.17, 15) is 14.4 Å². The van der Waals surface area contributed by atoms with Crippen LogP contribution in [0.25, 0.3) is 6.08 Å². The number of hydrogen-bond donors (Lipinski definition) is 0. The third-order valence-corrected chi connectivity index (χ3v) is 6.93. The Labute approximate surface area is 194 Å². The molecule has 31 heavy (non-hydrogen) atoms. The van der Waals surface area contributed by atoms with E-state index >= 15 is 0 Å². The molecule has 6 nitrogen and oxygen atoms in total. The standard InChI is InChI=1S/C22H19Cl2N3O3S/c23-17-8-4-5-15(20(17)24)13-18-21(29)27(22(30)31-18)14-19(28)26-11-9-25(10-12-26)16-6-2-1-3-7-16/h1-8,13H,9-12,14H2/b18-13+. The van der Waals surface area contributed by atoms with Gasteiger partial charge in [0.15, 0.2) is 0 Å². The summed E-state index contributed by atoms with van der Waals surface area (Å²) in [5, 5.41) is 0.202. The zero-order chi connectivity index (χ0) is 22.0.